The average molecular weight is 326 g/mol. The predicted octanol–water partition coefficient (Wildman–Crippen LogP) is 3.91. The number of hydrogen-bond acceptors (Lipinski definition) is 4. The summed E-state index contributed by atoms with van der Waals surface area (Å²) in [6, 6.07) is 8.86. The summed E-state index contributed by atoms with van der Waals surface area (Å²) in [7, 11) is 0. The van der Waals surface area contributed by atoms with Gasteiger partial charge in [0.15, 0.2) is 0 Å². The van der Waals surface area contributed by atoms with Crippen LogP contribution in [0, 0.1) is 10.1 Å². The molecule has 0 bridgehead atoms. The van der Waals surface area contributed by atoms with Crippen molar-refractivity contribution >= 4 is 5.69 Å². The van der Waals surface area contributed by atoms with Gasteiger partial charge in [-0.25, -0.2) is 0 Å². The highest BCUT2D eigenvalue weighted by Gasteiger charge is 2.33. The van der Waals surface area contributed by atoms with E-state index in [4.69, 9.17) is 10.5 Å². The SMILES string of the molecule is NCCc1ccccc1Oc1ccc(C(F)(F)F)cc1[N+](=O)[O-]. The van der Waals surface area contributed by atoms with E-state index < -0.39 is 22.4 Å². The molecule has 2 aromatic carbocycles. The Hall–Kier alpha value is -2.61. The lowest BCUT2D eigenvalue weighted by Crippen LogP contribution is -2.07. The first-order valence-electron chi connectivity index (χ1n) is 6.64. The largest absolute Gasteiger partial charge is 0.450 e. The van der Waals surface area contributed by atoms with Crippen molar-refractivity contribution in [2.45, 2.75) is 12.6 Å². The van der Waals surface area contributed by atoms with Crippen molar-refractivity contribution in [1.29, 1.82) is 0 Å². The molecule has 2 N–H and O–H groups in total. The first-order chi connectivity index (χ1) is 10.8. The van der Waals surface area contributed by atoms with Crippen molar-refractivity contribution < 1.29 is 22.8 Å². The molecular formula is C15H13F3N2O3. The monoisotopic (exact) mass is 326 g/mol. The third-order valence-corrected chi connectivity index (χ3v) is 3.09. The van der Waals surface area contributed by atoms with Crippen LogP contribution >= 0.6 is 0 Å². The molecule has 0 unspecified atom stereocenters. The van der Waals surface area contributed by atoms with E-state index in [-0.39, 0.29) is 5.75 Å². The van der Waals surface area contributed by atoms with Crippen molar-refractivity contribution in [2.24, 2.45) is 5.73 Å². The highest BCUT2D eigenvalue weighted by atomic mass is 19.4. The Bertz CT molecular complexity index is 717. The van der Waals surface area contributed by atoms with Crippen LogP contribution in [0.4, 0.5) is 18.9 Å². The van der Waals surface area contributed by atoms with E-state index in [2.05, 4.69) is 0 Å². The van der Waals surface area contributed by atoms with E-state index in [0.717, 1.165) is 12.1 Å². The summed E-state index contributed by atoms with van der Waals surface area (Å²) >= 11 is 0. The van der Waals surface area contributed by atoms with Crippen molar-refractivity contribution in [3.8, 4) is 11.5 Å². The first kappa shape index (κ1) is 16.8. The van der Waals surface area contributed by atoms with Crippen LogP contribution in [0.2, 0.25) is 0 Å². The lowest BCUT2D eigenvalue weighted by atomic mass is 10.1. The van der Waals surface area contributed by atoms with Crippen LogP contribution in [-0.4, -0.2) is 11.5 Å². The average Bonchev–Trinajstić information content (AvgIpc) is 2.48. The number of nitrogens with zero attached hydrogens (tertiary/aromatic N) is 1. The molecule has 0 spiro atoms. The van der Waals surface area contributed by atoms with Gasteiger partial charge in [-0.15, -0.1) is 0 Å². The zero-order valence-corrected chi connectivity index (χ0v) is 11.8. The molecule has 0 fully saturated rings. The third kappa shape index (κ3) is 3.98. The lowest BCUT2D eigenvalue weighted by molar-refractivity contribution is -0.385. The Morgan fingerprint density at radius 1 is 1.13 bits per heavy atom. The molecule has 0 saturated carbocycles. The van der Waals surface area contributed by atoms with Gasteiger partial charge in [-0.05, 0) is 36.7 Å². The van der Waals surface area contributed by atoms with E-state index in [1.165, 1.54) is 0 Å². The minimum Gasteiger partial charge on any atom is -0.450 e. The summed E-state index contributed by atoms with van der Waals surface area (Å²) < 4.78 is 43.5. The van der Waals surface area contributed by atoms with Gasteiger partial charge < -0.3 is 10.5 Å². The molecule has 0 aliphatic carbocycles. The fourth-order valence-electron chi connectivity index (χ4n) is 2.01. The van der Waals surface area contributed by atoms with E-state index in [9.17, 15) is 23.3 Å². The maximum atomic E-state index is 12.7. The molecule has 122 valence electrons. The maximum Gasteiger partial charge on any atom is 0.416 e. The number of hydrogen-bond donors (Lipinski definition) is 1. The number of benzene rings is 2. The Morgan fingerprint density at radius 3 is 2.43 bits per heavy atom. The van der Waals surface area contributed by atoms with Gasteiger partial charge in [-0.1, -0.05) is 18.2 Å². The van der Waals surface area contributed by atoms with Crippen LogP contribution in [0.15, 0.2) is 42.5 Å². The molecule has 0 atom stereocenters. The highest BCUT2D eigenvalue weighted by Crippen LogP contribution is 2.38. The smallest absolute Gasteiger partial charge is 0.416 e. The standard InChI is InChI=1S/C15H13F3N2O3/c16-15(17,18)11-5-6-14(12(9-11)20(21)22)23-13-4-2-1-3-10(13)7-8-19/h1-6,9H,7-8,19H2. The van der Waals surface area contributed by atoms with E-state index >= 15 is 0 Å². The number of nitro groups is 1. The predicted molar refractivity (Wildman–Crippen MR) is 77.4 cm³/mol. The number of rotatable bonds is 5. The van der Waals surface area contributed by atoms with Crippen LogP contribution in [0.25, 0.3) is 0 Å². The summed E-state index contributed by atoms with van der Waals surface area (Å²) in [5, 5.41) is 11.0. The fraction of sp³-hybridized carbons (Fsp3) is 0.200. The second kappa shape index (κ2) is 6.66. The molecule has 0 radical (unpaired) electrons. The number of halogens is 3. The van der Waals surface area contributed by atoms with Gasteiger partial charge in [0.2, 0.25) is 5.75 Å². The van der Waals surface area contributed by atoms with E-state index in [1.54, 1.807) is 24.3 Å². The normalized spacial score (nSPS) is 11.3. The van der Waals surface area contributed by atoms with Gasteiger partial charge in [0.25, 0.3) is 0 Å². The number of nitro benzene ring substituents is 1. The van der Waals surface area contributed by atoms with Crippen molar-refractivity contribution in [3.63, 3.8) is 0 Å². The number of nitrogens with two attached hydrogens (primary N) is 1. The molecule has 5 nitrogen and oxygen atoms in total. The van der Waals surface area contributed by atoms with Gasteiger partial charge in [-0.2, -0.15) is 13.2 Å². The number of para-hydroxylation sites is 1. The molecule has 0 aliphatic heterocycles. The van der Waals surface area contributed by atoms with Gasteiger partial charge in [0, 0.05) is 6.07 Å². The van der Waals surface area contributed by atoms with Gasteiger partial charge >= 0.3 is 11.9 Å². The van der Waals surface area contributed by atoms with Crippen LogP contribution in [0.5, 0.6) is 11.5 Å². The maximum absolute atomic E-state index is 12.7. The first-order valence-corrected chi connectivity index (χ1v) is 6.64. The Labute approximate surface area is 129 Å². The Kier molecular flexibility index (Phi) is 4.85. The van der Waals surface area contributed by atoms with Crippen molar-refractivity contribution in [3.05, 3.63) is 63.7 Å². The molecule has 0 amide bonds. The van der Waals surface area contributed by atoms with E-state index in [0.29, 0.717) is 30.3 Å². The minimum absolute atomic E-state index is 0.257. The Morgan fingerprint density at radius 2 is 1.83 bits per heavy atom. The van der Waals surface area contributed by atoms with Crippen LogP contribution in [0.1, 0.15) is 11.1 Å². The number of alkyl halides is 3. The zero-order valence-electron chi connectivity index (χ0n) is 11.8. The molecule has 2 aromatic rings. The molecule has 0 heterocycles. The summed E-state index contributed by atoms with van der Waals surface area (Å²) in [5.74, 6) is 0.0632. The molecule has 0 aromatic heterocycles. The molecule has 0 aliphatic rings. The fourth-order valence-corrected chi connectivity index (χ4v) is 2.01. The molecule has 0 saturated heterocycles. The van der Waals surface area contributed by atoms with Crippen LogP contribution < -0.4 is 10.5 Å². The number of ether oxygens (including phenoxy) is 1. The van der Waals surface area contributed by atoms with Crippen LogP contribution in [-0.2, 0) is 12.6 Å². The quantitative estimate of drug-likeness (QED) is 0.667. The third-order valence-electron chi connectivity index (χ3n) is 3.09. The summed E-state index contributed by atoms with van der Waals surface area (Å²) in [6.07, 6.45) is -4.19. The molecule has 23 heavy (non-hydrogen) atoms. The van der Waals surface area contributed by atoms with Crippen molar-refractivity contribution in [2.75, 3.05) is 6.54 Å². The molecular weight excluding hydrogens is 313 g/mol. The highest BCUT2D eigenvalue weighted by molar-refractivity contribution is 5.52. The second-order valence-corrected chi connectivity index (χ2v) is 4.69. The Balaban J connectivity index is 2.42. The van der Waals surface area contributed by atoms with Gasteiger partial charge in [-0.3, -0.25) is 10.1 Å². The molecule has 2 rings (SSSR count). The van der Waals surface area contributed by atoms with Gasteiger partial charge in [0.05, 0.1) is 10.5 Å². The van der Waals surface area contributed by atoms with Crippen molar-refractivity contribution in [1.82, 2.24) is 0 Å². The zero-order chi connectivity index (χ0) is 17.0. The van der Waals surface area contributed by atoms with Crippen LogP contribution in [0.3, 0.4) is 0 Å². The lowest BCUT2D eigenvalue weighted by Gasteiger charge is -2.12. The second-order valence-electron chi connectivity index (χ2n) is 4.69. The van der Waals surface area contributed by atoms with Gasteiger partial charge in [0.1, 0.15) is 5.75 Å². The summed E-state index contributed by atoms with van der Waals surface area (Å²) in [4.78, 5) is 10.1. The van der Waals surface area contributed by atoms with E-state index in [1.807, 2.05) is 0 Å². The molecule has 8 heteroatoms. The summed E-state index contributed by atoms with van der Waals surface area (Å²) in [6.45, 7) is 0.343. The topological polar surface area (TPSA) is 78.4 Å². The minimum atomic E-state index is -4.67. The summed E-state index contributed by atoms with van der Waals surface area (Å²) in [5.41, 5.74) is 4.34.